The van der Waals surface area contributed by atoms with Gasteiger partial charge in [-0.3, -0.25) is 0 Å². The Morgan fingerprint density at radius 2 is 1.52 bits per heavy atom. The van der Waals surface area contributed by atoms with E-state index in [1.165, 1.54) is 12.1 Å². The summed E-state index contributed by atoms with van der Waals surface area (Å²) in [5.41, 5.74) is -0.729. The van der Waals surface area contributed by atoms with Crippen LogP contribution in [0.1, 0.15) is 31.9 Å². The number of halogens is 3. The Balaban J connectivity index is 1.78. The normalized spacial score (nSPS) is 15.5. The molecule has 1 heterocycles. The quantitative estimate of drug-likeness (QED) is 0.845. The van der Waals surface area contributed by atoms with Gasteiger partial charge < -0.3 is 19.9 Å². The molecule has 1 aliphatic rings. The van der Waals surface area contributed by atoms with E-state index in [9.17, 15) is 22.8 Å². The zero-order valence-electron chi connectivity index (χ0n) is 15.6. The van der Waals surface area contributed by atoms with Gasteiger partial charge in [-0.25, -0.2) is 9.59 Å². The molecule has 1 saturated heterocycles. The van der Waals surface area contributed by atoms with E-state index in [0.29, 0.717) is 31.7 Å². The number of carbonyl (C=O) groups excluding carboxylic acids is 2. The van der Waals surface area contributed by atoms with E-state index < -0.39 is 23.4 Å². The number of ether oxygens (including phenoxy) is 1. The zero-order valence-corrected chi connectivity index (χ0v) is 15.6. The molecular formula is C18H24F3N3O3. The molecule has 9 heteroatoms. The third kappa shape index (κ3) is 6.33. The fraction of sp³-hybridized carbons (Fsp3) is 0.556. The summed E-state index contributed by atoms with van der Waals surface area (Å²) in [6, 6.07) is 4.33. The Labute approximate surface area is 156 Å². The van der Waals surface area contributed by atoms with Gasteiger partial charge in [-0.1, -0.05) is 12.1 Å². The van der Waals surface area contributed by atoms with Crippen LogP contribution in [0.2, 0.25) is 0 Å². The van der Waals surface area contributed by atoms with Crippen molar-refractivity contribution in [3.05, 3.63) is 35.4 Å². The average molecular weight is 387 g/mol. The van der Waals surface area contributed by atoms with Crippen molar-refractivity contribution in [2.75, 3.05) is 26.2 Å². The summed E-state index contributed by atoms with van der Waals surface area (Å²) in [5, 5.41) is 2.68. The highest BCUT2D eigenvalue weighted by Gasteiger charge is 2.30. The first-order chi connectivity index (χ1) is 12.5. The molecule has 2 rings (SSSR count). The van der Waals surface area contributed by atoms with E-state index in [0.717, 1.165) is 12.1 Å². The van der Waals surface area contributed by atoms with Crippen molar-refractivity contribution in [3.8, 4) is 0 Å². The Morgan fingerprint density at radius 1 is 1.00 bits per heavy atom. The van der Waals surface area contributed by atoms with Crippen molar-refractivity contribution in [2.24, 2.45) is 0 Å². The molecule has 150 valence electrons. The average Bonchev–Trinajstić information content (AvgIpc) is 2.58. The molecule has 1 aromatic carbocycles. The summed E-state index contributed by atoms with van der Waals surface area (Å²) in [7, 11) is 0. The van der Waals surface area contributed by atoms with Gasteiger partial charge in [0.05, 0.1) is 5.56 Å². The first-order valence-electron chi connectivity index (χ1n) is 8.62. The van der Waals surface area contributed by atoms with Crippen molar-refractivity contribution < 1.29 is 27.5 Å². The number of nitrogens with one attached hydrogen (secondary N) is 1. The number of alkyl halides is 3. The minimum atomic E-state index is -4.38. The smallest absolute Gasteiger partial charge is 0.416 e. The summed E-state index contributed by atoms with van der Waals surface area (Å²) in [5.74, 6) is 0. The molecule has 0 atom stereocenters. The number of hydrogen-bond donors (Lipinski definition) is 1. The minimum absolute atomic E-state index is 0.128. The van der Waals surface area contributed by atoms with Crippen molar-refractivity contribution in [2.45, 2.75) is 39.1 Å². The lowest BCUT2D eigenvalue weighted by atomic mass is 10.1. The fourth-order valence-electron chi connectivity index (χ4n) is 2.52. The first-order valence-corrected chi connectivity index (χ1v) is 8.62. The van der Waals surface area contributed by atoms with Crippen molar-refractivity contribution in [3.63, 3.8) is 0 Å². The number of piperazine rings is 1. The summed E-state index contributed by atoms with van der Waals surface area (Å²) in [6.07, 6.45) is -4.79. The number of hydrogen-bond acceptors (Lipinski definition) is 3. The van der Waals surface area contributed by atoms with Gasteiger partial charge in [-0.2, -0.15) is 13.2 Å². The van der Waals surface area contributed by atoms with Crippen LogP contribution in [0.3, 0.4) is 0 Å². The van der Waals surface area contributed by atoms with E-state index in [2.05, 4.69) is 5.32 Å². The van der Waals surface area contributed by atoms with Gasteiger partial charge in [0.25, 0.3) is 0 Å². The number of benzene rings is 1. The topological polar surface area (TPSA) is 61.9 Å². The number of rotatable bonds is 2. The minimum Gasteiger partial charge on any atom is -0.444 e. The molecule has 6 nitrogen and oxygen atoms in total. The summed E-state index contributed by atoms with van der Waals surface area (Å²) in [4.78, 5) is 27.3. The van der Waals surface area contributed by atoms with Crippen LogP contribution in [-0.2, 0) is 17.5 Å². The van der Waals surface area contributed by atoms with Gasteiger partial charge >= 0.3 is 18.3 Å². The standard InChI is InChI=1S/C18H24F3N3O3/c1-17(2,3)27-16(26)24-10-8-23(9-11-24)15(25)22-12-13-4-6-14(7-5-13)18(19,20)21/h4-7H,8-12H2,1-3H3,(H,22,25). The zero-order chi connectivity index (χ0) is 20.2. The monoisotopic (exact) mass is 387 g/mol. The maximum absolute atomic E-state index is 12.5. The maximum atomic E-state index is 12.5. The van der Waals surface area contributed by atoms with Crippen LogP contribution in [0, 0.1) is 0 Å². The van der Waals surface area contributed by atoms with Crippen molar-refractivity contribution in [1.29, 1.82) is 0 Å². The van der Waals surface area contributed by atoms with Gasteiger partial charge in [0.15, 0.2) is 0 Å². The van der Waals surface area contributed by atoms with Gasteiger partial charge in [0, 0.05) is 32.7 Å². The largest absolute Gasteiger partial charge is 0.444 e. The number of nitrogens with zero attached hydrogens (tertiary/aromatic N) is 2. The molecule has 0 radical (unpaired) electrons. The highest BCUT2D eigenvalue weighted by molar-refractivity contribution is 5.75. The molecule has 27 heavy (non-hydrogen) atoms. The molecule has 0 saturated carbocycles. The van der Waals surface area contributed by atoms with Crippen molar-refractivity contribution in [1.82, 2.24) is 15.1 Å². The lowest BCUT2D eigenvalue weighted by molar-refractivity contribution is -0.137. The summed E-state index contributed by atoms with van der Waals surface area (Å²) in [6.45, 7) is 6.94. The molecule has 1 aromatic rings. The molecule has 0 aromatic heterocycles. The third-order valence-electron chi connectivity index (χ3n) is 3.94. The molecule has 0 unspecified atom stereocenters. The molecule has 1 aliphatic heterocycles. The molecule has 1 N–H and O–H groups in total. The van der Waals surface area contributed by atoms with E-state index in [-0.39, 0.29) is 12.6 Å². The van der Waals surface area contributed by atoms with Gasteiger partial charge in [-0.05, 0) is 38.5 Å². The van der Waals surface area contributed by atoms with Crippen LogP contribution in [0.5, 0.6) is 0 Å². The lowest BCUT2D eigenvalue weighted by Crippen LogP contribution is -2.53. The predicted octanol–water partition coefficient (Wildman–Crippen LogP) is 3.47. The summed E-state index contributed by atoms with van der Waals surface area (Å²) < 4.78 is 42.9. The first kappa shape index (κ1) is 20.9. The third-order valence-corrected chi connectivity index (χ3v) is 3.94. The Bertz CT molecular complexity index is 661. The molecule has 0 bridgehead atoms. The molecule has 3 amide bonds. The number of carbonyl (C=O) groups is 2. The van der Waals surface area contributed by atoms with Crippen LogP contribution < -0.4 is 5.32 Å². The van der Waals surface area contributed by atoms with Crippen LogP contribution >= 0.6 is 0 Å². The van der Waals surface area contributed by atoms with Gasteiger partial charge in [0.2, 0.25) is 0 Å². The van der Waals surface area contributed by atoms with E-state index in [1.54, 1.807) is 30.6 Å². The van der Waals surface area contributed by atoms with E-state index in [4.69, 9.17) is 4.74 Å². The Morgan fingerprint density at radius 3 is 2.00 bits per heavy atom. The summed E-state index contributed by atoms with van der Waals surface area (Å²) >= 11 is 0. The second-order valence-electron chi connectivity index (χ2n) is 7.31. The van der Waals surface area contributed by atoms with Crippen LogP contribution in [0.4, 0.5) is 22.8 Å². The van der Waals surface area contributed by atoms with Crippen molar-refractivity contribution >= 4 is 12.1 Å². The molecule has 1 fully saturated rings. The maximum Gasteiger partial charge on any atom is 0.416 e. The number of urea groups is 1. The molecule has 0 spiro atoms. The van der Waals surface area contributed by atoms with E-state index >= 15 is 0 Å². The lowest BCUT2D eigenvalue weighted by Gasteiger charge is -2.35. The highest BCUT2D eigenvalue weighted by Crippen LogP contribution is 2.29. The fourth-order valence-corrected chi connectivity index (χ4v) is 2.52. The number of amides is 3. The Kier molecular flexibility index (Phi) is 6.22. The predicted molar refractivity (Wildman–Crippen MR) is 93.1 cm³/mol. The van der Waals surface area contributed by atoms with Gasteiger partial charge in [-0.15, -0.1) is 0 Å². The second-order valence-corrected chi connectivity index (χ2v) is 7.31. The Hall–Kier alpha value is -2.45. The van der Waals surface area contributed by atoms with E-state index in [1.807, 2.05) is 0 Å². The second kappa shape index (κ2) is 8.06. The van der Waals surface area contributed by atoms with Gasteiger partial charge in [0.1, 0.15) is 5.60 Å². The van der Waals surface area contributed by atoms with Crippen LogP contribution in [0.25, 0.3) is 0 Å². The molecule has 0 aliphatic carbocycles. The van der Waals surface area contributed by atoms with Crippen LogP contribution in [-0.4, -0.2) is 53.7 Å². The molecular weight excluding hydrogens is 363 g/mol. The van der Waals surface area contributed by atoms with Crippen LogP contribution in [0.15, 0.2) is 24.3 Å². The SMILES string of the molecule is CC(C)(C)OC(=O)N1CCN(C(=O)NCc2ccc(C(F)(F)F)cc2)CC1. The highest BCUT2D eigenvalue weighted by atomic mass is 19.4.